The van der Waals surface area contributed by atoms with Crippen molar-refractivity contribution in [3.05, 3.63) is 111 Å². The normalized spacial score (nSPS) is 10.9. The predicted molar refractivity (Wildman–Crippen MR) is 168 cm³/mol. The number of nitrogens with zero attached hydrogens (tertiary/aromatic N) is 5. The van der Waals surface area contributed by atoms with Crippen molar-refractivity contribution in [3.8, 4) is 6.07 Å². The smallest absolute Gasteiger partial charge is 0.251 e. The van der Waals surface area contributed by atoms with Crippen LogP contribution >= 0.6 is 0 Å². The van der Waals surface area contributed by atoms with Gasteiger partial charge in [0.2, 0.25) is 0 Å². The van der Waals surface area contributed by atoms with E-state index in [1.807, 2.05) is 52.0 Å². The van der Waals surface area contributed by atoms with Crippen molar-refractivity contribution in [2.24, 2.45) is 5.73 Å². The molecule has 0 radical (unpaired) electrons. The molecule has 6 N–H and O–H groups in total. The van der Waals surface area contributed by atoms with Crippen LogP contribution in [0.5, 0.6) is 0 Å². The summed E-state index contributed by atoms with van der Waals surface area (Å²) < 4.78 is 0. The highest BCUT2D eigenvalue weighted by atomic mass is 16.1. The Morgan fingerprint density at radius 2 is 1.72 bits per heavy atom. The predicted octanol–water partition coefficient (Wildman–Crippen LogP) is 4.83. The molecule has 0 aliphatic carbocycles. The lowest BCUT2D eigenvalue weighted by molar-refractivity contribution is 0.0950. The van der Waals surface area contributed by atoms with Crippen LogP contribution in [0.1, 0.15) is 60.8 Å². The van der Waals surface area contributed by atoms with Gasteiger partial charge in [-0.1, -0.05) is 0 Å². The van der Waals surface area contributed by atoms with Crippen LogP contribution in [0.2, 0.25) is 0 Å². The number of anilines is 3. The van der Waals surface area contributed by atoms with E-state index in [0.717, 1.165) is 50.3 Å². The summed E-state index contributed by atoms with van der Waals surface area (Å²) in [7, 11) is 0. The first kappa shape index (κ1) is 29.1. The summed E-state index contributed by atoms with van der Waals surface area (Å²) in [5, 5.41) is 17.0. The van der Waals surface area contributed by atoms with Gasteiger partial charge in [-0.25, -0.2) is 9.97 Å². The van der Waals surface area contributed by atoms with Gasteiger partial charge in [0.1, 0.15) is 17.7 Å². The minimum absolute atomic E-state index is 0.214. The van der Waals surface area contributed by atoms with Gasteiger partial charge in [0, 0.05) is 53.7 Å². The second-order valence-corrected chi connectivity index (χ2v) is 10.6. The van der Waals surface area contributed by atoms with Gasteiger partial charge >= 0.3 is 0 Å². The zero-order valence-corrected chi connectivity index (χ0v) is 24.6. The van der Waals surface area contributed by atoms with Crippen LogP contribution in [0.25, 0.3) is 10.9 Å². The fourth-order valence-corrected chi connectivity index (χ4v) is 5.30. The number of hydrogen-bond acceptors (Lipinski definition) is 9. The van der Waals surface area contributed by atoms with Crippen LogP contribution in [0.3, 0.4) is 0 Å². The summed E-state index contributed by atoms with van der Waals surface area (Å²) in [6.45, 7) is 8.55. The average Bonchev–Trinajstić information content (AvgIpc) is 2.96. The zero-order chi connectivity index (χ0) is 30.7. The molecule has 0 saturated carbocycles. The van der Waals surface area contributed by atoms with Crippen molar-refractivity contribution < 1.29 is 4.79 Å². The van der Waals surface area contributed by atoms with Crippen LogP contribution in [0.15, 0.2) is 54.9 Å². The first-order valence-electron chi connectivity index (χ1n) is 13.9. The second-order valence-electron chi connectivity index (χ2n) is 10.6. The number of aryl methyl sites for hydroxylation is 4. The van der Waals surface area contributed by atoms with Gasteiger partial charge in [-0.3, -0.25) is 14.8 Å². The molecule has 43 heavy (non-hydrogen) atoms. The first-order valence-corrected chi connectivity index (χ1v) is 13.9. The highest BCUT2D eigenvalue weighted by molar-refractivity contribution is 5.94. The Morgan fingerprint density at radius 1 is 0.953 bits per heavy atom. The molecule has 10 heteroatoms. The molecule has 0 unspecified atom stereocenters. The van der Waals surface area contributed by atoms with Crippen molar-refractivity contribution in [1.29, 1.82) is 5.26 Å². The van der Waals surface area contributed by atoms with Crippen molar-refractivity contribution in [2.75, 3.05) is 11.1 Å². The number of carbonyl (C=O) groups is 1. The number of pyridine rings is 4. The molecular formula is C33H33N9O. The lowest BCUT2D eigenvalue weighted by Crippen LogP contribution is -2.24. The van der Waals surface area contributed by atoms with Crippen LogP contribution in [-0.4, -0.2) is 25.8 Å². The van der Waals surface area contributed by atoms with Gasteiger partial charge in [0.05, 0.1) is 23.0 Å². The summed E-state index contributed by atoms with van der Waals surface area (Å²) in [6, 6.07) is 15.2. The standard InChI is InChI=1S/C33H33N9O/c1-18-7-30(36)40-21(4)29(18)17-39-33(43)23-5-6-37-26(12-23)11-22-9-24-13-27(16-38-32(24)25(10-22)14-34)42-31-8-19(2)28(15-35)20(3)41-31/h5-10,12-13,16H,11,15,17,35H2,1-4H3,(H2,36,40)(H,39,43)(H,41,42). The molecule has 5 aromatic rings. The SMILES string of the molecule is Cc1cc(N)nc(C)c1CNC(=O)c1ccnc(Cc2cc(C#N)c3ncc(Nc4cc(C)c(CN)c(C)n4)cc3c2)c1. The Bertz CT molecular complexity index is 1860. The number of nitrogens with two attached hydrogens (primary N) is 2. The number of rotatable bonds is 8. The molecule has 0 fully saturated rings. The van der Waals surface area contributed by atoms with Gasteiger partial charge in [-0.2, -0.15) is 5.26 Å². The lowest BCUT2D eigenvalue weighted by atomic mass is 10.0. The topological polar surface area (TPSA) is 169 Å². The second kappa shape index (κ2) is 12.2. The van der Waals surface area contributed by atoms with Crippen molar-refractivity contribution in [3.63, 3.8) is 0 Å². The summed E-state index contributed by atoms with van der Waals surface area (Å²) in [5.74, 6) is 0.941. The maximum absolute atomic E-state index is 13.0. The van der Waals surface area contributed by atoms with Gasteiger partial charge in [0.25, 0.3) is 5.91 Å². The molecule has 4 aromatic heterocycles. The summed E-state index contributed by atoms with van der Waals surface area (Å²) in [6.07, 6.45) is 3.75. The van der Waals surface area contributed by atoms with Gasteiger partial charge in [-0.05, 0) is 98.0 Å². The Labute approximate surface area is 250 Å². The average molecular weight is 572 g/mol. The molecule has 0 atom stereocenters. The van der Waals surface area contributed by atoms with Gasteiger partial charge in [-0.15, -0.1) is 0 Å². The molecule has 0 aliphatic rings. The van der Waals surface area contributed by atoms with E-state index in [1.54, 1.807) is 30.6 Å². The largest absolute Gasteiger partial charge is 0.384 e. The third kappa shape index (κ3) is 6.42. The van der Waals surface area contributed by atoms with E-state index in [4.69, 9.17) is 11.5 Å². The van der Waals surface area contributed by atoms with E-state index in [1.165, 1.54) is 0 Å². The Hall–Kier alpha value is -5.40. The van der Waals surface area contributed by atoms with Crippen molar-refractivity contribution >= 4 is 34.1 Å². The third-order valence-corrected chi connectivity index (χ3v) is 7.46. The molecule has 1 amide bonds. The molecule has 5 rings (SSSR count). The van der Waals surface area contributed by atoms with E-state index in [9.17, 15) is 10.1 Å². The lowest BCUT2D eigenvalue weighted by Gasteiger charge is -2.13. The Balaban J connectivity index is 1.36. The quantitative estimate of drug-likeness (QED) is 0.204. The summed E-state index contributed by atoms with van der Waals surface area (Å²) in [4.78, 5) is 31.0. The monoisotopic (exact) mass is 571 g/mol. The molecule has 0 aliphatic heterocycles. The first-order chi connectivity index (χ1) is 20.6. The van der Waals surface area contributed by atoms with E-state index >= 15 is 0 Å². The Morgan fingerprint density at radius 3 is 2.44 bits per heavy atom. The molecule has 216 valence electrons. The zero-order valence-electron chi connectivity index (χ0n) is 24.6. The van der Waals surface area contributed by atoms with Gasteiger partial charge in [0.15, 0.2) is 0 Å². The minimum Gasteiger partial charge on any atom is -0.384 e. The fraction of sp³-hybridized carbons (Fsp3) is 0.212. The number of nitrogen functional groups attached to an aromatic ring is 1. The molecular weight excluding hydrogens is 538 g/mol. The maximum atomic E-state index is 13.0. The fourth-order valence-electron chi connectivity index (χ4n) is 5.30. The molecule has 0 spiro atoms. The highest BCUT2D eigenvalue weighted by Gasteiger charge is 2.13. The molecule has 10 nitrogen and oxygen atoms in total. The third-order valence-electron chi connectivity index (χ3n) is 7.46. The van der Waals surface area contributed by atoms with Crippen LogP contribution in [-0.2, 0) is 19.5 Å². The molecule has 0 saturated heterocycles. The minimum atomic E-state index is -0.214. The number of aromatic nitrogens is 4. The molecule has 4 heterocycles. The highest BCUT2D eigenvalue weighted by Crippen LogP contribution is 2.26. The van der Waals surface area contributed by atoms with Crippen molar-refractivity contribution in [2.45, 2.75) is 47.2 Å². The number of fused-ring (bicyclic) bond motifs is 1. The van der Waals surface area contributed by atoms with Crippen LogP contribution < -0.4 is 22.1 Å². The van der Waals surface area contributed by atoms with E-state index < -0.39 is 0 Å². The van der Waals surface area contributed by atoms with E-state index in [2.05, 4.69) is 36.6 Å². The van der Waals surface area contributed by atoms with E-state index in [-0.39, 0.29) is 5.91 Å². The number of hydrogen-bond donors (Lipinski definition) is 4. The van der Waals surface area contributed by atoms with E-state index in [0.29, 0.717) is 53.5 Å². The molecule has 1 aromatic carbocycles. The summed E-state index contributed by atoms with van der Waals surface area (Å²) in [5.41, 5.74) is 21.3. The summed E-state index contributed by atoms with van der Waals surface area (Å²) >= 11 is 0. The van der Waals surface area contributed by atoms with Crippen molar-refractivity contribution in [1.82, 2.24) is 25.3 Å². The molecule has 0 bridgehead atoms. The van der Waals surface area contributed by atoms with Crippen LogP contribution in [0, 0.1) is 39.0 Å². The van der Waals surface area contributed by atoms with Gasteiger partial charge < -0.3 is 22.1 Å². The number of benzene rings is 1. The number of nitriles is 1. The van der Waals surface area contributed by atoms with Crippen LogP contribution in [0.4, 0.5) is 17.3 Å². The maximum Gasteiger partial charge on any atom is 0.251 e. The number of nitrogens with one attached hydrogen (secondary N) is 2. The Kier molecular flexibility index (Phi) is 8.27. The number of carbonyl (C=O) groups excluding carboxylic acids is 1. The number of amides is 1.